The molecule has 0 aliphatic heterocycles. The molecule has 0 fully saturated rings. The first-order valence-electron chi connectivity index (χ1n) is 8.97. The molecule has 0 radical (unpaired) electrons. The second-order valence-electron chi connectivity index (χ2n) is 6.36. The quantitative estimate of drug-likeness (QED) is 0.549. The molecular formula is C22H25NO4. The molecular weight excluding hydrogens is 342 g/mol. The van der Waals surface area contributed by atoms with E-state index in [1.165, 1.54) is 6.08 Å². The number of benzene rings is 2. The number of hydrogen-bond donors (Lipinski definition) is 1. The highest BCUT2D eigenvalue weighted by atomic mass is 16.5. The Balaban J connectivity index is 1.95. The minimum atomic E-state index is -0.367. The first-order valence-corrected chi connectivity index (χ1v) is 8.97. The normalized spacial score (nSPS) is 10.8. The van der Waals surface area contributed by atoms with Gasteiger partial charge in [0, 0.05) is 17.3 Å². The second-order valence-corrected chi connectivity index (χ2v) is 6.36. The number of hydrogen-bond acceptors (Lipinski definition) is 4. The largest absolute Gasteiger partial charge is 0.493 e. The van der Waals surface area contributed by atoms with E-state index in [1.807, 2.05) is 45.0 Å². The van der Waals surface area contributed by atoms with Crippen molar-refractivity contribution in [1.29, 1.82) is 0 Å². The van der Waals surface area contributed by atoms with E-state index in [2.05, 4.69) is 5.32 Å². The number of amides is 1. The van der Waals surface area contributed by atoms with Crippen LogP contribution in [0.3, 0.4) is 0 Å². The third-order valence-corrected chi connectivity index (χ3v) is 3.57. The Morgan fingerprint density at radius 1 is 1.07 bits per heavy atom. The average molecular weight is 367 g/mol. The predicted molar refractivity (Wildman–Crippen MR) is 107 cm³/mol. The molecule has 0 aromatic heterocycles. The van der Waals surface area contributed by atoms with Crippen LogP contribution in [0, 0.1) is 5.92 Å². The highest BCUT2D eigenvalue weighted by Crippen LogP contribution is 2.19. The van der Waals surface area contributed by atoms with Gasteiger partial charge in [-0.3, -0.25) is 4.79 Å². The average Bonchev–Trinajstić information content (AvgIpc) is 2.66. The summed E-state index contributed by atoms with van der Waals surface area (Å²) in [5.41, 5.74) is 1.88. The molecule has 142 valence electrons. The Hall–Kier alpha value is -3.08. The molecule has 2 rings (SSSR count). The van der Waals surface area contributed by atoms with Gasteiger partial charge in [0.15, 0.2) is 0 Å². The Kier molecular flexibility index (Phi) is 7.62. The molecule has 0 saturated carbocycles. The number of anilines is 1. The standard InChI is InChI=1S/C22H25NO4/c1-4-26-20-8-6-5-7-17(20)11-14-21(24)23-19-12-9-18(10-13-19)22(25)27-15-16(2)3/h5-14,16H,4,15H2,1-3H3,(H,23,24)/b14-11+. The van der Waals surface area contributed by atoms with Gasteiger partial charge in [-0.25, -0.2) is 4.79 Å². The molecule has 2 aromatic rings. The summed E-state index contributed by atoms with van der Waals surface area (Å²) in [4.78, 5) is 24.0. The van der Waals surface area contributed by atoms with E-state index in [-0.39, 0.29) is 17.8 Å². The van der Waals surface area contributed by atoms with Crippen LogP contribution in [0.2, 0.25) is 0 Å². The maximum absolute atomic E-state index is 12.1. The first-order chi connectivity index (χ1) is 13.0. The van der Waals surface area contributed by atoms with Gasteiger partial charge >= 0.3 is 5.97 Å². The van der Waals surface area contributed by atoms with Crippen LogP contribution in [0.1, 0.15) is 36.7 Å². The smallest absolute Gasteiger partial charge is 0.338 e. The van der Waals surface area contributed by atoms with Crippen LogP contribution >= 0.6 is 0 Å². The molecule has 0 bridgehead atoms. The zero-order valence-corrected chi connectivity index (χ0v) is 15.9. The summed E-state index contributed by atoms with van der Waals surface area (Å²) in [6.45, 7) is 6.81. The van der Waals surface area contributed by atoms with Crippen molar-refractivity contribution in [3.05, 3.63) is 65.7 Å². The van der Waals surface area contributed by atoms with E-state index in [4.69, 9.17) is 9.47 Å². The predicted octanol–water partition coefficient (Wildman–Crippen LogP) is 4.55. The first kappa shape index (κ1) is 20.2. The lowest BCUT2D eigenvalue weighted by Gasteiger charge is -2.08. The fourth-order valence-corrected chi connectivity index (χ4v) is 2.27. The molecule has 5 nitrogen and oxygen atoms in total. The molecule has 0 aliphatic carbocycles. The summed E-state index contributed by atoms with van der Waals surface area (Å²) >= 11 is 0. The number of esters is 1. The monoisotopic (exact) mass is 367 g/mol. The van der Waals surface area contributed by atoms with Crippen LogP contribution in [0.5, 0.6) is 5.75 Å². The van der Waals surface area contributed by atoms with Crippen LogP contribution in [0.15, 0.2) is 54.6 Å². The van der Waals surface area contributed by atoms with E-state index in [0.717, 1.165) is 11.3 Å². The van der Waals surface area contributed by atoms with Crippen molar-refractivity contribution < 1.29 is 19.1 Å². The van der Waals surface area contributed by atoms with Gasteiger partial charge in [-0.2, -0.15) is 0 Å². The highest BCUT2D eigenvalue weighted by Gasteiger charge is 2.08. The minimum Gasteiger partial charge on any atom is -0.493 e. The molecule has 0 unspecified atom stereocenters. The molecule has 0 aliphatic rings. The van der Waals surface area contributed by atoms with Gasteiger partial charge in [0.25, 0.3) is 0 Å². The Morgan fingerprint density at radius 2 is 1.78 bits per heavy atom. The third-order valence-electron chi connectivity index (χ3n) is 3.57. The summed E-state index contributed by atoms with van der Waals surface area (Å²) in [6.07, 6.45) is 3.15. The van der Waals surface area contributed by atoms with Gasteiger partial charge in [0.05, 0.1) is 18.8 Å². The summed E-state index contributed by atoms with van der Waals surface area (Å²) in [5.74, 6) is 0.380. The van der Waals surface area contributed by atoms with Gasteiger partial charge in [-0.15, -0.1) is 0 Å². The second kappa shape index (κ2) is 10.2. The summed E-state index contributed by atoms with van der Waals surface area (Å²) in [7, 11) is 0. The molecule has 2 aromatic carbocycles. The van der Waals surface area contributed by atoms with Crippen LogP contribution in [0.25, 0.3) is 6.08 Å². The van der Waals surface area contributed by atoms with Crippen molar-refractivity contribution in [2.24, 2.45) is 5.92 Å². The van der Waals surface area contributed by atoms with Crippen LogP contribution < -0.4 is 10.1 Å². The number of carbonyl (C=O) groups excluding carboxylic acids is 2. The number of rotatable bonds is 8. The third kappa shape index (κ3) is 6.62. The van der Waals surface area contributed by atoms with Crippen molar-refractivity contribution in [2.75, 3.05) is 18.5 Å². The van der Waals surface area contributed by atoms with Crippen molar-refractivity contribution in [1.82, 2.24) is 0 Å². The molecule has 0 atom stereocenters. The van der Waals surface area contributed by atoms with E-state index >= 15 is 0 Å². The molecule has 27 heavy (non-hydrogen) atoms. The lowest BCUT2D eigenvalue weighted by Crippen LogP contribution is -2.11. The summed E-state index contributed by atoms with van der Waals surface area (Å²) in [6, 6.07) is 14.1. The highest BCUT2D eigenvalue weighted by molar-refractivity contribution is 6.02. The Morgan fingerprint density at radius 3 is 2.44 bits per heavy atom. The summed E-state index contributed by atoms with van der Waals surface area (Å²) < 4.78 is 10.7. The van der Waals surface area contributed by atoms with Crippen molar-refractivity contribution >= 4 is 23.6 Å². The molecule has 0 spiro atoms. The van der Waals surface area contributed by atoms with E-state index < -0.39 is 0 Å². The number of para-hydroxylation sites is 1. The van der Waals surface area contributed by atoms with Gasteiger partial charge in [0.2, 0.25) is 5.91 Å². The lowest BCUT2D eigenvalue weighted by atomic mass is 10.2. The zero-order chi connectivity index (χ0) is 19.6. The Labute approximate surface area is 160 Å². The topological polar surface area (TPSA) is 64.6 Å². The number of carbonyl (C=O) groups is 2. The fourth-order valence-electron chi connectivity index (χ4n) is 2.27. The lowest BCUT2D eigenvalue weighted by molar-refractivity contribution is -0.111. The molecule has 0 heterocycles. The van der Waals surface area contributed by atoms with E-state index in [9.17, 15) is 9.59 Å². The van der Waals surface area contributed by atoms with Crippen LogP contribution in [0.4, 0.5) is 5.69 Å². The van der Waals surface area contributed by atoms with Gasteiger partial charge in [0.1, 0.15) is 5.75 Å². The molecule has 0 saturated heterocycles. The molecule has 5 heteroatoms. The van der Waals surface area contributed by atoms with Crippen LogP contribution in [-0.4, -0.2) is 25.1 Å². The van der Waals surface area contributed by atoms with E-state index in [0.29, 0.717) is 24.5 Å². The summed E-state index contributed by atoms with van der Waals surface area (Å²) in [5, 5.41) is 2.76. The van der Waals surface area contributed by atoms with Gasteiger partial charge < -0.3 is 14.8 Å². The van der Waals surface area contributed by atoms with Crippen LogP contribution in [-0.2, 0) is 9.53 Å². The van der Waals surface area contributed by atoms with Crippen molar-refractivity contribution in [2.45, 2.75) is 20.8 Å². The SMILES string of the molecule is CCOc1ccccc1/C=C/C(=O)Nc1ccc(C(=O)OCC(C)C)cc1. The maximum atomic E-state index is 12.1. The fraction of sp³-hybridized carbons (Fsp3) is 0.273. The molecule has 1 amide bonds. The minimum absolute atomic E-state index is 0.267. The number of nitrogens with one attached hydrogen (secondary N) is 1. The van der Waals surface area contributed by atoms with Gasteiger partial charge in [-0.05, 0) is 49.2 Å². The molecule has 1 N–H and O–H groups in total. The van der Waals surface area contributed by atoms with E-state index in [1.54, 1.807) is 30.3 Å². The zero-order valence-electron chi connectivity index (χ0n) is 15.9. The van der Waals surface area contributed by atoms with Crippen molar-refractivity contribution in [3.8, 4) is 5.75 Å². The maximum Gasteiger partial charge on any atom is 0.338 e. The van der Waals surface area contributed by atoms with Crippen molar-refractivity contribution in [3.63, 3.8) is 0 Å². The number of ether oxygens (including phenoxy) is 2. The Bertz CT molecular complexity index is 794. The van der Waals surface area contributed by atoms with Gasteiger partial charge in [-0.1, -0.05) is 32.0 Å².